The molecule has 1 aliphatic rings. The smallest absolute Gasteiger partial charge is 0.321 e. The molecule has 1 N–H and O–H groups in total. The molecule has 0 aliphatic carbocycles. The Labute approximate surface area is 191 Å². The quantitative estimate of drug-likeness (QED) is 0.620. The van der Waals surface area contributed by atoms with E-state index in [0.717, 1.165) is 12.8 Å². The molecule has 7 nitrogen and oxygen atoms in total. The fourth-order valence-corrected chi connectivity index (χ4v) is 3.69. The molecule has 0 saturated carbocycles. The molecule has 1 fully saturated rings. The fourth-order valence-electron chi connectivity index (χ4n) is 3.69. The first-order valence-corrected chi connectivity index (χ1v) is 10.8. The molecule has 1 saturated heterocycles. The van der Waals surface area contributed by atoms with Crippen molar-refractivity contribution >= 4 is 23.3 Å². The Kier molecular flexibility index (Phi) is 6.83. The number of halogens is 1. The highest BCUT2D eigenvalue weighted by molar-refractivity contribution is 6.05. The van der Waals surface area contributed by atoms with Gasteiger partial charge in [0.1, 0.15) is 17.7 Å². The van der Waals surface area contributed by atoms with Crippen LogP contribution in [0.1, 0.15) is 23.2 Å². The van der Waals surface area contributed by atoms with Gasteiger partial charge in [0.05, 0.1) is 11.9 Å². The number of amides is 3. The minimum absolute atomic E-state index is 0.00458. The lowest BCUT2D eigenvalue weighted by Gasteiger charge is -2.32. The summed E-state index contributed by atoms with van der Waals surface area (Å²) in [4.78, 5) is 32.2. The van der Waals surface area contributed by atoms with E-state index in [9.17, 15) is 14.0 Å². The number of ether oxygens (including phenoxy) is 1. The molecule has 2 aromatic carbocycles. The average Bonchev–Trinajstić information content (AvgIpc) is 2.84. The molecule has 1 aliphatic heterocycles. The van der Waals surface area contributed by atoms with Gasteiger partial charge in [-0.25, -0.2) is 9.18 Å². The third-order valence-corrected chi connectivity index (χ3v) is 5.54. The standard InChI is InChI=1S/C25H25FN4O3/c1-29(24(31)18-4-2-5-19(26)16-18)21-7-9-22(10-8-21)33-23-11-14-30(15-12-23)25(32)28-20-6-3-13-27-17-20/h2-10,13,16-17,23H,11-12,14-15H2,1H3,(H,28,32). The average molecular weight is 448 g/mol. The number of hydrogen-bond donors (Lipinski definition) is 1. The number of pyridine rings is 1. The molecular formula is C25H25FN4O3. The van der Waals surface area contributed by atoms with Crippen LogP contribution in [-0.2, 0) is 0 Å². The SMILES string of the molecule is CN(C(=O)c1cccc(F)c1)c1ccc(OC2CCN(C(=O)Nc3cccnc3)CC2)cc1. The molecule has 0 bridgehead atoms. The first-order valence-electron chi connectivity index (χ1n) is 10.8. The number of nitrogens with one attached hydrogen (secondary N) is 1. The summed E-state index contributed by atoms with van der Waals surface area (Å²) in [6, 6.07) is 16.3. The third-order valence-electron chi connectivity index (χ3n) is 5.54. The van der Waals surface area contributed by atoms with Gasteiger partial charge < -0.3 is 19.9 Å². The fraction of sp³-hybridized carbons (Fsp3) is 0.240. The van der Waals surface area contributed by atoms with Crippen LogP contribution in [0.2, 0.25) is 0 Å². The Hall–Kier alpha value is -3.94. The number of hydrogen-bond acceptors (Lipinski definition) is 4. The van der Waals surface area contributed by atoms with Crippen molar-refractivity contribution in [2.75, 3.05) is 30.4 Å². The Morgan fingerprint density at radius 2 is 1.85 bits per heavy atom. The van der Waals surface area contributed by atoms with Gasteiger partial charge in [-0.1, -0.05) is 6.07 Å². The number of aromatic nitrogens is 1. The predicted molar refractivity (Wildman–Crippen MR) is 124 cm³/mol. The van der Waals surface area contributed by atoms with E-state index in [1.807, 2.05) is 12.1 Å². The van der Waals surface area contributed by atoms with Gasteiger partial charge in [0, 0.05) is 50.4 Å². The summed E-state index contributed by atoms with van der Waals surface area (Å²) in [7, 11) is 1.65. The highest BCUT2D eigenvalue weighted by Crippen LogP contribution is 2.24. The zero-order valence-electron chi connectivity index (χ0n) is 18.3. The van der Waals surface area contributed by atoms with Crippen molar-refractivity contribution in [3.8, 4) is 5.75 Å². The molecule has 1 aromatic heterocycles. The Morgan fingerprint density at radius 1 is 1.09 bits per heavy atom. The van der Waals surface area contributed by atoms with Crippen LogP contribution in [0.4, 0.5) is 20.6 Å². The Balaban J connectivity index is 1.28. The van der Waals surface area contributed by atoms with Gasteiger partial charge in [0.25, 0.3) is 5.91 Å². The zero-order chi connectivity index (χ0) is 23.2. The van der Waals surface area contributed by atoms with Crippen LogP contribution >= 0.6 is 0 Å². The first kappa shape index (κ1) is 22.3. The van der Waals surface area contributed by atoms with Crippen LogP contribution < -0.4 is 15.0 Å². The molecular weight excluding hydrogens is 423 g/mol. The summed E-state index contributed by atoms with van der Waals surface area (Å²) >= 11 is 0. The van der Waals surface area contributed by atoms with Crippen LogP contribution in [0.3, 0.4) is 0 Å². The molecule has 33 heavy (non-hydrogen) atoms. The van der Waals surface area contributed by atoms with Crippen LogP contribution in [0.5, 0.6) is 5.75 Å². The number of anilines is 2. The molecule has 0 unspecified atom stereocenters. The first-order chi connectivity index (χ1) is 16.0. The van der Waals surface area contributed by atoms with E-state index in [1.165, 1.54) is 23.1 Å². The van der Waals surface area contributed by atoms with Crippen molar-refractivity contribution in [2.24, 2.45) is 0 Å². The summed E-state index contributed by atoms with van der Waals surface area (Å²) in [5, 5.41) is 2.85. The number of nitrogens with zero attached hydrogens (tertiary/aromatic N) is 3. The zero-order valence-corrected chi connectivity index (χ0v) is 18.3. The topological polar surface area (TPSA) is 74.8 Å². The van der Waals surface area contributed by atoms with Gasteiger partial charge in [0.15, 0.2) is 0 Å². The van der Waals surface area contributed by atoms with Crippen LogP contribution in [0.15, 0.2) is 73.1 Å². The van der Waals surface area contributed by atoms with Crippen LogP contribution in [0, 0.1) is 5.82 Å². The monoisotopic (exact) mass is 448 g/mol. The van der Waals surface area contributed by atoms with Gasteiger partial charge >= 0.3 is 6.03 Å². The van der Waals surface area contributed by atoms with E-state index in [2.05, 4.69) is 10.3 Å². The molecule has 4 rings (SSSR count). The lowest BCUT2D eigenvalue weighted by atomic mass is 10.1. The number of benzene rings is 2. The number of rotatable bonds is 5. The van der Waals surface area contributed by atoms with Gasteiger partial charge in [-0.05, 0) is 54.6 Å². The normalized spacial score (nSPS) is 13.9. The maximum Gasteiger partial charge on any atom is 0.321 e. The van der Waals surface area contributed by atoms with E-state index in [0.29, 0.717) is 30.2 Å². The highest BCUT2D eigenvalue weighted by atomic mass is 19.1. The molecule has 8 heteroatoms. The minimum Gasteiger partial charge on any atom is -0.490 e. The molecule has 0 spiro atoms. The van der Waals surface area contributed by atoms with Crippen molar-refractivity contribution in [3.05, 3.63) is 84.4 Å². The Morgan fingerprint density at radius 3 is 2.52 bits per heavy atom. The summed E-state index contributed by atoms with van der Waals surface area (Å²) in [6.07, 6.45) is 4.72. The molecule has 0 radical (unpaired) electrons. The van der Waals surface area contributed by atoms with Crippen molar-refractivity contribution in [3.63, 3.8) is 0 Å². The van der Waals surface area contributed by atoms with E-state index in [4.69, 9.17) is 4.74 Å². The van der Waals surface area contributed by atoms with Crippen LogP contribution in [0.25, 0.3) is 0 Å². The molecule has 170 valence electrons. The second-order valence-corrected chi connectivity index (χ2v) is 7.84. The van der Waals surface area contributed by atoms with E-state index >= 15 is 0 Å². The number of urea groups is 1. The van der Waals surface area contributed by atoms with E-state index in [1.54, 1.807) is 54.7 Å². The van der Waals surface area contributed by atoms with Crippen molar-refractivity contribution in [2.45, 2.75) is 18.9 Å². The van der Waals surface area contributed by atoms with E-state index in [-0.39, 0.29) is 23.6 Å². The van der Waals surface area contributed by atoms with Gasteiger partial charge in [-0.15, -0.1) is 0 Å². The number of piperidine rings is 1. The number of carbonyl (C=O) groups excluding carboxylic acids is 2. The van der Waals surface area contributed by atoms with Crippen molar-refractivity contribution in [1.29, 1.82) is 0 Å². The minimum atomic E-state index is -0.446. The summed E-state index contributed by atoms with van der Waals surface area (Å²) in [6.45, 7) is 1.19. The Bertz CT molecular complexity index is 1100. The van der Waals surface area contributed by atoms with Gasteiger partial charge in [-0.3, -0.25) is 9.78 Å². The van der Waals surface area contributed by atoms with E-state index < -0.39 is 5.82 Å². The molecule has 3 amide bonds. The van der Waals surface area contributed by atoms with Crippen molar-refractivity contribution < 1.29 is 18.7 Å². The predicted octanol–water partition coefficient (Wildman–Crippen LogP) is 4.57. The lowest BCUT2D eigenvalue weighted by Crippen LogP contribution is -2.43. The number of carbonyl (C=O) groups is 2. The maximum atomic E-state index is 13.4. The van der Waals surface area contributed by atoms with Crippen molar-refractivity contribution in [1.82, 2.24) is 9.88 Å². The highest BCUT2D eigenvalue weighted by Gasteiger charge is 2.24. The largest absolute Gasteiger partial charge is 0.490 e. The molecule has 0 atom stereocenters. The van der Waals surface area contributed by atoms with Crippen LogP contribution in [-0.4, -0.2) is 48.1 Å². The summed E-state index contributed by atoms with van der Waals surface area (Å²) in [5.41, 5.74) is 1.64. The second-order valence-electron chi connectivity index (χ2n) is 7.84. The number of likely N-dealkylation sites (tertiary alicyclic amines) is 1. The van der Waals surface area contributed by atoms with Gasteiger partial charge in [0.2, 0.25) is 0 Å². The second kappa shape index (κ2) is 10.1. The third kappa shape index (κ3) is 5.65. The molecule has 2 heterocycles. The molecule has 3 aromatic rings. The maximum absolute atomic E-state index is 13.4. The lowest BCUT2D eigenvalue weighted by molar-refractivity contribution is 0.0992. The van der Waals surface area contributed by atoms with Gasteiger partial charge in [-0.2, -0.15) is 0 Å². The summed E-state index contributed by atoms with van der Waals surface area (Å²) < 4.78 is 19.5. The summed E-state index contributed by atoms with van der Waals surface area (Å²) in [5.74, 6) is -0.0395.